The summed E-state index contributed by atoms with van der Waals surface area (Å²) >= 11 is -0.819. The second-order valence-corrected chi connectivity index (χ2v) is 3.07. The van der Waals surface area contributed by atoms with Crippen LogP contribution in [-0.2, 0) is 6.15 Å². The van der Waals surface area contributed by atoms with Crippen molar-refractivity contribution in [2.45, 2.75) is 13.8 Å². The largest absolute Gasteiger partial charge is 1.00 e. The van der Waals surface area contributed by atoms with E-state index in [1.165, 1.54) is 0 Å². The third-order valence-electron chi connectivity index (χ3n) is 0.407. The van der Waals surface area contributed by atoms with Crippen LogP contribution in [0, 0.1) is 0 Å². The van der Waals surface area contributed by atoms with Gasteiger partial charge in [0.05, 0.1) is 0 Å². The van der Waals surface area contributed by atoms with Crippen molar-refractivity contribution in [3.05, 3.63) is 0 Å². The molecule has 0 bridgehead atoms. The fraction of sp³-hybridized carbons (Fsp3) is 1.00. The maximum absolute atomic E-state index is 5.02. The van der Waals surface area contributed by atoms with Crippen LogP contribution in [0.3, 0.4) is 0 Å². The number of rotatable bonds is 4. The SMILES string of the molecule is CC[O][Sn+2][O]CC.[Cl-].[Cl-]. The molecule has 0 aromatic carbocycles. The molecule has 0 aliphatic heterocycles. The molecule has 9 heavy (non-hydrogen) atoms. The molecule has 2 nitrogen and oxygen atoms in total. The average Bonchev–Trinajstić information content (AvgIpc) is 1.69. The summed E-state index contributed by atoms with van der Waals surface area (Å²) in [6.45, 7) is 5.60. The molecule has 0 atom stereocenters. The molecule has 5 heteroatoms. The van der Waals surface area contributed by atoms with Gasteiger partial charge >= 0.3 is 55.2 Å². The van der Waals surface area contributed by atoms with Gasteiger partial charge in [-0.05, 0) is 0 Å². The van der Waals surface area contributed by atoms with Gasteiger partial charge in [0.2, 0.25) is 0 Å². The van der Waals surface area contributed by atoms with Gasteiger partial charge in [-0.25, -0.2) is 0 Å². The van der Waals surface area contributed by atoms with Crippen molar-refractivity contribution in [1.29, 1.82) is 0 Å². The molecule has 0 heterocycles. The molecule has 0 aliphatic rings. The van der Waals surface area contributed by atoms with E-state index in [2.05, 4.69) is 0 Å². The van der Waals surface area contributed by atoms with Gasteiger partial charge in [0.25, 0.3) is 0 Å². The van der Waals surface area contributed by atoms with Gasteiger partial charge in [0.15, 0.2) is 0 Å². The van der Waals surface area contributed by atoms with Crippen molar-refractivity contribution in [3.8, 4) is 0 Å². The molecule has 0 radical (unpaired) electrons. The molecule has 0 spiro atoms. The van der Waals surface area contributed by atoms with Gasteiger partial charge in [0, 0.05) is 0 Å². The minimum Gasteiger partial charge on any atom is -1.00 e. The van der Waals surface area contributed by atoms with Crippen LogP contribution in [0.2, 0.25) is 0 Å². The molecule has 0 N–H and O–H groups in total. The van der Waals surface area contributed by atoms with E-state index < -0.39 is 22.0 Å². The Labute approximate surface area is 79.8 Å². The Hall–Kier alpha value is 1.30. The van der Waals surface area contributed by atoms with E-state index in [1.807, 2.05) is 13.8 Å². The molecule has 0 saturated carbocycles. The molecule has 0 rings (SSSR count). The molecule has 0 aromatic heterocycles. The summed E-state index contributed by atoms with van der Waals surface area (Å²) in [4.78, 5) is 0. The zero-order chi connectivity index (χ0) is 5.54. The van der Waals surface area contributed by atoms with Crippen molar-refractivity contribution >= 4 is 22.0 Å². The van der Waals surface area contributed by atoms with Crippen LogP contribution in [0.5, 0.6) is 0 Å². The van der Waals surface area contributed by atoms with Gasteiger partial charge in [-0.1, -0.05) is 0 Å². The van der Waals surface area contributed by atoms with E-state index in [0.717, 1.165) is 13.2 Å². The molecule has 0 aliphatic carbocycles. The summed E-state index contributed by atoms with van der Waals surface area (Å²) in [7, 11) is 0. The van der Waals surface area contributed by atoms with Crippen LogP contribution in [0.15, 0.2) is 0 Å². The monoisotopic (exact) mass is 280 g/mol. The minimum absolute atomic E-state index is 0. The van der Waals surface area contributed by atoms with Crippen LogP contribution in [-0.4, -0.2) is 35.2 Å². The summed E-state index contributed by atoms with van der Waals surface area (Å²) in [5.41, 5.74) is 0. The van der Waals surface area contributed by atoms with E-state index in [9.17, 15) is 0 Å². The van der Waals surface area contributed by atoms with Gasteiger partial charge in [-0.3, -0.25) is 0 Å². The Morgan fingerprint density at radius 2 is 1.33 bits per heavy atom. The summed E-state index contributed by atoms with van der Waals surface area (Å²) in [5, 5.41) is 0. The summed E-state index contributed by atoms with van der Waals surface area (Å²) in [6, 6.07) is 0. The number of hydrogen-bond donors (Lipinski definition) is 0. The first-order valence-corrected chi connectivity index (χ1v) is 4.73. The molecule has 0 fully saturated rings. The van der Waals surface area contributed by atoms with E-state index in [4.69, 9.17) is 6.15 Å². The maximum Gasteiger partial charge on any atom is -1.00 e. The molecule has 0 unspecified atom stereocenters. The number of halogens is 2. The Balaban J connectivity index is -0.000000180. The zero-order valence-electron chi connectivity index (χ0n) is 5.49. The van der Waals surface area contributed by atoms with Crippen molar-refractivity contribution in [3.63, 3.8) is 0 Å². The normalized spacial score (nSPS) is 6.44. The molecule has 0 aromatic rings. The first kappa shape index (κ1) is 16.7. The van der Waals surface area contributed by atoms with E-state index in [-0.39, 0.29) is 24.8 Å². The van der Waals surface area contributed by atoms with Crippen molar-refractivity contribution in [2.75, 3.05) is 13.2 Å². The second kappa shape index (κ2) is 16.1. The topological polar surface area (TPSA) is 18.5 Å². The van der Waals surface area contributed by atoms with Crippen LogP contribution in [0.25, 0.3) is 0 Å². The van der Waals surface area contributed by atoms with E-state index in [1.54, 1.807) is 0 Å². The summed E-state index contributed by atoms with van der Waals surface area (Å²) in [5.74, 6) is 0. The Morgan fingerprint density at radius 3 is 1.56 bits per heavy atom. The van der Waals surface area contributed by atoms with Crippen LogP contribution in [0.4, 0.5) is 0 Å². The molecular formula is C4H10Cl2O2Sn. The van der Waals surface area contributed by atoms with Crippen molar-refractivity contribution in [1.82, 2.24) is 0 Å². The quantitative estimate of drug-likeness (QED) is 0.378. The summed E-state index contributed by atoms with van der Waals surface area (Å²) < 4.78 is 10.0. The minimum atomic E-state index is -0.819. The van der Waals surface area contributed by atoms with E-state index in [0.29, 0.717) is 0 Å². The zero-order valence-corrected chi connectivity index (χ0v) is 9.85. The van der Waals surface area contributed by atoms with Crippen molar-refractivity contribution in [2.24, 2.45) is 0 Å². The first-order chi connectivity index (χ1) is 3.41. The van der Waals surface area contributed by atoms with Gasteiger partial charge in [0.1, 0.15) is 0 Å². The Morgan fingerprint density at radius 1 is 1.00 bits per heavy atom. The number of hydrogen-bond acceptors (Lipinski definition) is 2. The third kappa shape index (κ3) is 17.6. The Bertz CT molecular complexity index is 35.7. The summed E-state index contributed by atoms with van der Waals surface area (Å²) in [6.07, 6.45) is 0. The van der Waals surface area contributed by atoms with Gasteiger partial charge in [-0.2, -0.15) is 0 Å². The smallest absolute Gasteiger partial charge is 1.00 e. The predicted molar refractivity (Wildman–Crippen MR) is 29.0 cm³/mol. The fourth-order valence-corrected chi connectivity index (χ4v) is 1.07. The molecular weight excluding hydrogens is 270 g/mol. The van der Waals surface area contributed by atoms with Crippen LogP contribution in [0.1, 0.15) is 13.8 Å². The van der Waals surface area contributed by atoms with Gasteiger partial charge in [-0.15, -0.1) is 0 Å². The van der Waals surface area contributed by atoms with Crippen molar-refractivity contribution < 1.29 is 31.0 Å². The fourth-order valence-electron chi connectivity index (χ4n) is 0.160. The third-order valence-corrected chi connectivity index (χ3v) is 2.73. The van der Waals surface area contributed by atoms with E-state index >= 15 is 0 Å². The first-order valence-electron chi connectivity index (χ1n) is 2.40. The molecule has 56 valence electrons. The second-order valence-electron chi connectivity index (χ2n) is 0.949. The average molecular weight is 280 g/mol. The molecule has 0 amide bonds. The maximum atomic E-state index is 5.02. The molecule has 0 saturated heterocycles. The Kier molecular flexibility index (Phi) is 30.0. The van der Waals surface area contributed by atoms with Gasteiger partial charge < -0.3 is 24.8 Å². The van der Waals surface area contributed by atoms with Crippen LogP contribution < -0.4 is 24.8 Å². The van der Waals surface area contributed by atoms with Crippen LogP contribution >= 0.6 is 0 Å². The predicted octanol–water partition coefficient (Wildman–Crippen LogP) is -5.40. The standard InChI is InChI=1S/2C2H5O.2ClH.Sn/c2*1-2-3;;;/h2*2H2,1H3;2*1H;/q2*-1;;;+4/p-2.